The minimum absolute atomic E-state index is 0.718. The number of hydrogen-bond donors (Lipinski definition) is 0. The summed E-state index contributed by atoms with van der Waals surface area (Å²) in [4.78, 5) is 0. The minimum atomic E-state index is 0.718. The Morgan fingerprint density at radius 3 is 1.80 bits per heavy atom. The van der Waals surface area contributed by atoms with Crippen molar-refractivity contribution in [1.82, 2.24) is 10.2 Å². The van der Waals surface area contributed by atoms with Crippen LogP contribution in [0.2, 0.25) is 5.02 Å². The quantitative estimate of drug-likeness (QED) is 0.447. The zero-order valence-corrected chi connectivity index (χ0v) is 14.2. The highest BCUT2D eigenvalue weighted by Gasteiger charge is 2.12. The zero-order valence-electron chi connectivity index (χ0n) is 13.4. The van der Waals surface area contributed by atoms with E-state index < -0.39 is 0 Å². The van der Waals surface area contributed by atoms with Crippen molar-refractivity contribution in [2.45, 2.75) is 0 Å². The first-order chi connectivity index (χ1) is 12.3. The number of nitrogens with zero attached hydrogens (tertiary/aromatic N) is 2. The molecule has 25 heavy (non-hydrogen) atoms. The molecule has 0 fully saturated rings. The summed E-state index contributed by atoms with van der Waals surface area (Å²) in [5, 5.41) is 9.71. The van der Waals surface area contributed by atoms with Crippen molar-refractivity contribution in [1.29, 1.82) is 0 Å². The second-order valence-corrected chi connectivity index (χ2v) is 6.17. The van der Waals surface area contributed by atoms with Gasteiger partial charge in [0.2, 0.25) is 0 Å². The van der Waals surface area contributed by atoms with E-state index in [1.54, 1.807) is 0 Å². The number of aromatic nitrogens is 2. The van der Waals surface area contributed by atoms with E-state index in [9.17, 15) is 0 Å². The van der Waals surface area contributed by atoms with Crippen molar-refractivity contribution in [2.75, 3.05) is 0 Å². The Labute approximate surface area is 151 Å². The van der Waals surface area contributed by atoms with Crippen LogP contribution in [-0.4, -0.2) is 10.2 Å². The van der Waals surface area contributed by atoms with E-state index in [4.69, 9.17) is 11.6 Å². The molecule has 0 atom stereocenters. The molecule has 120 valence electrons. The molecule has 1 aromatic heterocycles. The van der Waals surface area contributed by atoms with Crippen LogP contribution in [0, 0.1) is 0 Å². The molecule has 0 saturated heterocycles. The molecule has 0 bridgehead atoms. The summed E-state index contributed by atoms with van der Waals surface area (Å²) in [5.41, 5.74) is 5.91. The van der Waals surface area contributed by atoms with Crippen LogP contribution in [0.3, 0.4) is 0 Å². The van der Waals surface area contributed by atoms with E-state index in [0.717, 1.165) is 38.7 Å². The highest BCUT2D eigenvalue weighted by molar-refractivity contribution is 6.30. The Balaban J connectivity index is 1.91. The van der Waals surface area contributed by atoms with Crippen molar-refractivity contribution in [3.8, 4) is 33.6 Å². The van der Waals surface area contributed by atoms with E-state index in [1.807, 2.05) is 84.9 Å². The van der Waals surface area contributed by atoms with E-state index in [2.05, 4.69) is 16.3 Å². The van der Waals surface area contributed by atoms with Crippen molar-refractivity contribution in [3.05, 3.63) is 96.0 Å². The van der Waals surface area contributed by atoms with Gasteiger partial charge in [-0.15, -0.1) is 10.2 Å². The maximum absolute atomic E-state index is 6.06. The Hall–Kier alpha value is -2.97. The summed E-state index contributed by atoms with van der Waals surface area (Å²) in [6.45, 7) is 0. The molecular weight excluding hydrogens is 328 g/mol. The molecule has 0 aliphatic heterocycles. The van der Waals surface area contributed by atoms with Gasteiger partial charge in [0.05, 0.1) is 5.69 Å². The van der Waals surface area contributed by atoms with Gasteiger partial charge in [-0.1, -0.05) is 84.4 Å². The van der Waals surface area contributed by atoms with Gasteiger partial charge in [-0.05, 0) is 23.8 Å². The van der Waals surface area contributed by atoms with E-state index in [-0.39, 0.29) is 0 Å². The largest absolute Gasteiger partial charge is 0.150 e. The number of benzene rings is 3. The van der Waals surface area contributed by atoms with Crippen molar-refractivity contribution in [2.24, 2.45) is 0 Å². The van der Waals surface area contributed by atoms with Gasteiger partial charge < -0.3 is 0 Å². The van der Waals surface area contributed by atoms with E-state index >= 15 is 0 Å². The van der Waals surface area contributed by atoms with Crippen LogP contribution in [-0.2, 0) is 0 Å². The average molecular weight is 343 g/mol. The molecule has 1 heterocycles. The third-order valence-electron chi connectivity index (χ3n) is 4.07. The summed E-state index contributed by atoms with van der Waals surface area (Å²) in [7, 11) is 0. The Morgan fingerprint density at radius 1 is 0.560 bits per heavy atom. The van der Waals surface area contributed by atoms with Crippen LogP contribution < -0.4 is 0 Å². The number of hydrogen-bond acceptors (Lipinski definition) is 2. The molecular formula is C22H15ClN2. The molecule has 0 spiro atoms. The smallest absolute Gasteiger partial charge is 0.101 e. The topological polar surface area (TPSA) is 25.8 Å². The first-order valence-electron chi connectivity index (χ1n) is 8.06. The van der Waals surface area contributed by atoms with Gasteiger partial charge in [-0.2, -0.15) is 0 Å². The van der Waals surface area contributed by atoms with Crippen LogP contribution in [0.25, 0.3) is 33.6 Å². The van der Waals surface area contributed by atoms with Crippen molar-refractivity contribution < 1.29 is 0 Å². The van der Waals surface area contributed by atoms with Crippen molar-refractivity contribution in [3.63, 3.8) is 0 Å². The highest BCUT2D eigenvalue weighted by Crippen LogP contribution is 2.33. The second kappa shape index (κ2) is 6.88. The monoisotopic (exact) mass is 342 g/mol. The highest BCUT2D eigenvalue weighted by atomic mass is 35.5. The number of halogens is 1. The van der Waals surface area contributed by atoms with Crippen LogP contribution in [0.1, 0.15) is 0 Å². The normalized spacial score (nSPS) is 10.6. The predicted octanol–water partition coefficient (Wildman–Crippen LogP) is 6.13. The van der Waals surface area contributed by atoms with Gasteiger partial charge in [0.25, 0.3) is 0 Å². The first-order valence-corrected chi connectivity index (χ1v) is 8.43. The van der Waals surface area contributed by atoms with Gasteiger partial charge in [0.15, 0.2) is 0 Å². The lowest BCUT2D eigenvalue weighted by Gasteiger charge is -2.11. The fourth-order valence-electron chi connectivity index (χ4n) is 2.80. The standard InChI is InChI=1S/C22H15ClN2/c23-19-13-11-16(12-14-19)20-15-21(17-7-3-1-4-8-17)24-25-22(20)18-9-5-2-6-10-18/h1-15H. The lowest BCUT2D eigenvalue weighted by Crippen LogP contribution is -1.95. The summed E-state index contributed by atoms with van der Waals surface area (Å²) in [6.07, 6.45) is 0. The van der Waals surface area contributed by atoms with Crippen LogP contribution in [0.5, 0.6) is 0 Å². The predicted molar refractivity (Wildman–Crippen MR) is 103 cm³/mol. The van der Waals surface area contributed by atoms with Crippen LogP contribution in [0.4, 0.5) is 0 Å². The zero-order chi connectivity index (χ0) is 17.1. The SMILES string of the molecule is Clc1ccc(-c2cc(-c3ccccc3)nnc2-c2ccccc2)cc1. The second-order valence-electron chi connectivity index (χ2n) is 5.73. The third-order valence-corrected chi connectivity index (χ3v) is 4.32. The molecule has 2 nitrogen and oxygen atoms in total. The van der Waals surface area contributed by atoms with Crippen molar-refractivity contribution >= 4 is 11.6 Å². The minimum Gasteiger partial charge on any atom is -0.150 e. The van der Waals surface area contributed by atoms with E-state index in [1.165, 1.54) is 0 Å². The van der Waals surface area contributed by atoms with Gasteiger partial charge >= 0.3 is 0 Å². The summed E-state index contributed by atoms with van der Waals surface area (Å²) in [5.74, 6) is 0. The van der Waals surface area contributed by atoms with Gasteiger partial charge in [0.1, 0.15) is 5.69 Å². The summed E-state index contributed by atoms with van der Waals surface area (Å²) in [6, 6.07) is 30.1. The average Bonchev–Trinajstić information content (AvgIpc) is 2.69. The van der Waals surface area contributed by atoms with Gasteiger partial charge in [-0.25, -0.2) is 0 Å². The van der Waals surface area contributed by atoms with Crippen LogP contribution >= 0.6 is 11.6 Å². The molecule has 0 amide bonds. The molecule has 0 unspecified atom stereocenters. The molecule has 4 rings (SSSR count). The number of rotatable bonds is 3. The maximum atomic E-state index is 6.06. The molecule has 0 aliphatic rings. The lowest BCUT2D eigenvalue weighted by molar-refractivity contribution is 1.05. The molecule has 0 aliphatic carbocycles. The molecule has 4 aromatic rings. The Morgan fingerprint density at radius 2 is 1.16 bits per heavy atom. The van der Waals surface area contributed by atoms with Crippen LogP contribution in [0.15, 0.2) is 91.0 Å². The molecule has 3 heteroatoms. The Kier molecular flexibility index (Phi) is 4.28. The third kappa shape index (κ3) is 3.30. The summed E-state index contributed by atoms with van der Waals surface area (Å²) >= 11 is 6.06. The first kappa shape index (κ1) is 15.6. The maximum Gasteiger partial charge on any atom is 0.101 e. The van der Waals surface area contributed by atoms with Gasteiger partial charge in [-0.3, -0.25) is 0 Å². The molecule has 3 aromatic carbocycles. The lowest BCUT2D eigenvalue weighted by atomic mass is 9.98. The fraction of sp³-hybridized carbons (Fsp3) is 0. The van der Waals surface area contributed by atoms with E-state index in [0.29, 0.717) is 0 Å². The van der Waals surface area contributed by atoms with Gasteiger partial charge in [0, 0.05) is 21.7 Å². The summed E-state index contributed by atoms with van der Waals surface area (Å²) < 4.78 is 0. The fourth-order valence-corrected chi connectivity index (χ4v) is 2.93. The molecule has 0 N–H and O–H groups in total. The molecule has 0 radical (unpaired) electrons. The Bertz CT molecular complexity index is 981. The molecule has 0 saturated carbocycles.